The number of carboxylic acids is 1. The molecule has 0 heterocycles. The second kappa shape index (κ2) is 9.45. The molecule has 9 heteroatoms. The van der Waals surface area contributed by atoms with Crippen molar-refractivity contribution >= 4 is 24.0 Å². The first-order chi connectivity index (χ1) is 8.95. The Bertz CT molecular complexity index is 376. The van der Waals surface area contributed by atoms with Gasteiger partial charge in [-0.1, -0.05) is 0 Å². The summed E-state index contributed by atoms with van der Waals surface area (Å²) >= 11 is 0. The molecule has 0 aliphatic heterocycles. The van der Waals surface area contributed by atoms with Gasteiger partial charge in [0.2, 0.25) is 6.79 Å². The van der Waals surface area contributed by atoms with E-state index in [1.54, 1.807) is 0 Å². The Hall–Kier alpha value is -2.58. The van der Waals surface area contributed by atoms with Crippen LogP contribution < -0.4 is 5.32 Å². The van der Waals surface area contributed by atoms with E-state index < -0.39 is 30.8 Å². The summed E-state index contributed by atoms with van der Waals surface area (Å²) < 4.78 is 13.0. The number of carbonyl (C=O) groups excluding carboxylic acids is 3. The number of esters is 2. The molecule has 0 aliphatic rings. The predicted octanol–water partition coefficient (Wildman–Crippen LogP) is -0.583. The highest BCUT2D eigenvalue weighted by molar-refractivity contribution is 5.91. The molecule has 0 bridgehead atoms. The minimum atomic E-state index is -1.07. The molecule has 0 radical (unpaired) electrons. The topological polar surface area (TPSA) is 128 Å². The highest BCUT2D eigenvalue weighted by Gasteiger charge is 2.05. The van der Waals surface area contributed by atoms with E-state index in [4.69, 9.17) is 5.11 Å². The number of aliphatic carboxylic acids is 1. The quantitative estimate of drug-likeness (QED) is 0.358. The molecule has 0 atom stereocenters. The molecule has 0 rings (SSSR count). The van der Waals surface area contributed by atoms with Crippen LogP contribution in [-0.4, -0.2) is 49.6 Å². The molecular formula is C10H13NO8. The van der Waals surface area contributed by atoms with Crippen molar-refractivity contribution in [2.24, 2.45) is 0 Å². The van der Waals surface area contributed by atoms with Crippen molar-refractivity contribution in [3.05, 3.63) is 12.2 Å². The van der Waals surface area contributed by atoms with Gasteiger partial charge in [-0.15, -0.1) is 0 Å². The zero-order valence-electron chi connectivity index (χ0n) is 10.1. The van der Waals surface area contributed by atoms with Crippen molar-refractivity contribution in [2.45, 2.75) is 6.42 Å². The summed E-state index contributed by atoms with van der Waals surface area (Å²) in [6.07, 6.45) is 0.467. The zero-order valence-corrected chi connectivity index (χ0v) is 10.1. The monoisotopic (exact) mass is 275 g/mol. The van der Waals surface area contributed by atoms with Crippen LogP contribution in [0.1, 0.15) is 6.42 Å². The van der Waals surface area contributed by atoms with E-state index in [-0.39, 0.29) is 13.0 Å². The maximum atomic E-state index is 10.9. The Labute approximate surface area is 108 Å². The lowest BCUT2D eigenvalue weighted by Gasteiger charge is -2.05. The number of carboxylic acid groups (broad SMARTS) is 1. The third-order valence-electron chi connectivity index (χ3n) is 1.56. The average Bonchev–Trinajstić information content (AvgIpc) is 2.35. The van der Waals surface area contributed by atoms with Crippen molar-refractivity contribution in [1.82, 2.24) is 5.32 Å². The highest BCUT2D eigenvalue weighted by Crippen LogP contribution is 1.87. The summed E-state index contributed by atoms with van der Waals surface area (Å²) in [4.78, 5) is 42.6. The normalized spacial score (nSPS) is 9.74. The van der Waals surface area contributed by atoms with E-state index in [1.807, 2.05) is 0 Å². The van der Waals surface area contributed by atoms with Crippen LogP contribution in [0.3, 0.4) is 0 Å². The van der Waals surface area contributed by atoms with Crippen molar-refractivity contribution in [3.63, 3.8) is 0 Å². The van der Waals surface area contributed by atoms with Gasteiger partial charge in [-0.3, -0.25) is 4.79 Å². The summed E-state index contributed by atoms with van der Waals surface area (Å²) in [5.41, 5.74) is 0. The summed E-state index contributed by atoms with van der Waals surface area (Å²) in [7, 11) is 1.14. The number of amides is 1. The van der Waals surface area contributed by atoms with Gasteiger partial charge in [0, 0.05) is 18.7 Å². The van der Waals surface area contributed by atoms with Gasteiger partial charge in [0.25, 0.3) is 0 Å². The summed E-state index contributed by atoms with van der Waals surface area (Å²) in [6.45, 7) is -0.770. The molecule has 1 amide bonds. The third-order valence-corrected chi connectivity index (χ3v) is 1.56. The molecule has 0 fully saturated rings. The van der Waals surface area contributed by atoms with E-state index in [1.165, 1.54) is 0 Å². The summed E-state index contributed by atoms with van der Waals surface area (Å²) in [6, 6.07) is 0. The molecular weight excluding hydrogens is 262 g/mol. The van der Waals surface area contributed by atoms with E-state index >= 15 is 0 Å². The Balaban J connectivity index is 3.70. The van der Waals surface area contributed by atoms with Crippen LogP contribution in [0.2, 0.25) is 0 Å². The number of nitrogens with one attached hydrogen (secondary N) is 1. The van der Waals surface area contributed by atoms with E-state index in [0.717, 1.165) is 19.3 Å². The van der Waals surface area contributed by atoms with Gasteiger partial charge < -0.3 is 24.6 Å². The van der Waals surface area contributed by atoms with Gasteiger partial charge in [-0.05, 0) is 0 Å². The molecule has 0 aromatic carbocycles. The molecule has 0 aliphatic carbocycles. The van der Waals surface area contributed by atoms with Crippen LogP contribution in [-0.2, 0) is 28.6 Å². The van der Waals surface area contributed by atoms with Crippen molar-refractivity contribution in [3.8, 4) is 0 Å². The van der Waals surface area contributed by atoms with Gasteiger partial charge in [0.05, 0.1) is 13.5 Å². The largest absolute Gasteiger partial charge is 0.481 e. The molecule has 9 nitrogen and oxygen atoms in total. The van der Waals surface area contributed by atoms with Crippen molar-refractivity contribution in [2.75, 3.05) is 20.4 Å². The van der Waals surface area contributed by atoms with Crippen LogP contribution >= 0.6 is 0 Å². The van der Waals surface area contributed by atoms with Crippen LogP contribution in [0.4, 0.5) is 4.79 Å². The second-order valence-corrected chi connectivity index (χ2v) is 2.94. The first-order valence-corrected chi connectivity index (χ1v) is 5.01. The number of methoxy groups -OCH3 is 1. The van der Waals surface area contributed by atoms with E-state index in [2.05, 4.69) is 19.5 Å². The Morgan fingerprint density at radius 3 is 2.32 bits per heavy atom. The van der Waals surface area contributed by atoms with Crippen LogP contribution in [0, 0.1) is 0 Å². The van der Waals surface area contributed by atoms with Gasteiger partial charge in [0.1, 0.15) is 0 Å². The van der Waals surface area contributed by atoms with Crippen molar-refractivity contribution < 1.29 is 38.5 Å². The molecule has 0 aromatic heterocycles. The Kier molecular flexibility index (Phi) is 8.17. The SMILES string of the molecule is COC(=O)/C=C/C(=O)OCOC(=O)NCCC(=O)O. The minimum absolute atomic E-state index is 0.107. The summed E-state index contributed by atoms with van der Waals surface area (Å²) in [5, 5.41) is 10.4. The zero-order chi connectivity index (χ0) is 14.7. The maximum absolute atomic E-state index is 10.9. The molecule has 0 unspecified atom stereocenters. The molecule has 0 spiro atoms. The van der Waals surface area contributed by atoms with Gasteiger partial charge in [0.15, 0.2) is 0 Å². The summed E-state index contributed by atoms with van der Waals surface area (Å²) in [5.74, 6) is -2.70. The minimum Gasteiger partial charge on any atom is -0.481 e. The lowest BCUT2D eigenvalue weighted by atomic mass is 10.4. The van der Waals surface area contributed by atoms with Gasteiger partial charge in [-0.25, -0.2) is 14.4 Å². The number of carbonyl (C=O) groups is 4. The maximum Gasteiger partial charge on any atom is 0.410 e. The molecule has 106 valence electrons. The lowest BCUT2D eigenvalue weighted by molar-refractivity contribution is -0.146. The number of hydrogen-bond acceptors (Lipinski definition) is 7. The fourth-order valence-electron chi connectivity index (χ4n) is 0.716. The van der Waals surface area contributed by atoms with Gasteiger partial charge >= 0.3 is 24.0 Å². The number of alkyl carbamates (subject to hydrolysis) is 1. The molecule has 19 heavy (non-hydrogen) atoms. The van der Waals surface area contributed by atoms with Crippen LogP contribution in [0.5, 0.6) is 0 Å². The van der Waals surface area contributed by atoms with Crippen LogP contribution in [0.15, 0.2) is 12.2 Å². The smallest absolute Gasteiger partial charge is 0.410 e. The number of ether oxygens (including phenoxy) is 3. The Morgan fingerprint density at radius 1 is 1.11 bits per heavy atom. The van der Waals surface area contributed by atoms with Gasteiger partial charge in [-0.2, -0.15) is 0 Å². The average molecular weight is 275 g/mol. The first-order valence-electron chi connectivity index (χ1n) is 5.01. The fourth-order valence-corrected chi connectivity index (χ4v) is 0.716. The fraction of sp³-hybridized carbons (Fsp3) is 0.400. The second-order valence-electron chi connectivity index (χ2n) is 2.94. The molecule has 2 N–H and O–H groups in total. The van der Waals surface area contributed by atoms with E-state index in [0.29, 0.717) is 0 Å². The first kappa shape index (κ1) is 16.4. The highest BCUT2D eigenvalue weighted by atomic mass is 16.7. The van der Waals surface area contributed by atoms with Crippen LogP contribution in [0.25, 0.3) is 0 Å². The number of rotatable bonds is 7. The Morgan fingerprint density at radius 2 is 1.74 bits per heavy atom. The third kappa shape index (κ3) is 10.3. The molecule has 0 aromatic rings. The standard InChI is InChI=1S/C10H13NO8/c1-17-8(14)2-3-9(15)18-6-19-10(16)11-5-4-7(12)13/h2-3H,4-6H2,1H3,(H,11,16)(H,12,13)/b3-2+. The van der Waals surface area contributed by atoms with E-state index in [9.17, 15) is 19.2 Å². The lowest BCUT2D eigenvalue weighted by Crippen LogP contribution is -2.27. The number of hydrogen-bond donors (Lipinski definition) is 2. The molecule has 0 saturated carbocycles. The molecule has 0 saturated heterocycles. The predicted molar refractivity (Wildman–Crippen MR) is 58.9 cm³/mol. The van der Waals surface area contributed by atoms with Crippen molar-refractivity contribution in [1.29, 1.82) is 0 Å².